The van der Waals surface area contributed by atoms with Gasteiger partial charge in [0.2, 0.25) is 0 Å². The molecule has 0 unspecified atom stereocenters. The van der Waals surface area contributed by atoms with Gasteiger partial charge in [0, 0.05) is 63.2 Å². The zero-order valence-corrected chi connectivity index (χ0v) is 17.6. The Morgan fingerprint density at radius 3 is 2.71 bits per heavy atom. The Morgan fingerprint density at radius 2 is 1.97 bits per heavy atom. The number of ether oxygens (including phenoxy) is 1. The van der Waals surface area contributed by atoms with Crippen LogP contribution in [0.4, 0.5) is 11.4 Å². The fourth-order valence-electron chi connectivity index (χ4n) is 4.56. The third kappa shape index (κ3) is 3.37. The lowest BCUT2D eigenvalue weighted by Crippen LogP contribution is -2.47. The summed E-state index contributed by atoms with van der Waals surface area (Å²) < 4.78 is 11.0. The van der Waals surface area contributed by atoms with Gasteiger partial charge in [-0.1, -0.05) is 29.4 Å². The van der Waals surface area contributed by atoms with Crippen LogP contribution in [0, 0.1) is 0 Å². The molecule has 1 aromatic heterocycles. The van der Waals surface area contributed by atoms with Crippen molar-refractivity contribution < 1.29 is 19.2 Å². The van der Waals surface area contributed by atoms with Crippen molar-refractivity contribution in [2.45, 2.75) is 0 Å². The van der Waals surface area contributed by atoms with Gasteiger partial charge in [-0.25, -0.2) is 0 Å². The first-order valence-electron chi connectivity index (χ1n) is 10.6. The van der Waals surface area contributed by atoms with Crippen molar-refractivity contribution in [2.24, 2.45) is 0 Å². The minimum absolute atomic E-state index is 0.0180. The summed E-state index contributed by atoms with van der Waals surface area (Å²) in [6, 6.07) is 9.55. The lowest BCUT2D eigenvalue weighted by atomic mass is 9.86. The number of carbonyl (C=O) groups excluding carboxylic acids is 1. The Kier molecular flexibility index (Phi) is 5.35. The Hall–Kier alpha value is -2.94. The number of piperazine rings is 1. The third-order valence-electron chi connectivity index (χ3n) is 6.13. The number of methoxy groups -OCH3 is 1. The largest absolute Gasteiger partial charge is 0.395 e. The molecule has 2 aliphatic rings. The number of hydrogen-bond donors (Lipinski definition) is 2. The molecular weight excluding hydrogens is 396 g/mol. The van der Waals surface area contributed by atoms with E-state index in [1.807, 2.05) is 30.3 Å². The molecule has 8 nitrogen and oxygen atoms in total. The van der Waals surface area contributed by atoms with E-state index in [2.05, 4.69) is 20.3 Å². The quantitative estimate of drug-likeness (QED) is 0.438. The topological polar surface area (TPSA) is 91.1 Å². The van der Waals surface area contributed by atoms with Crippen LogP contribution in [0.3, 0.4) is 0 Å². The second-order valence-corrected chi connectivity index (χ2v) is 7.90. The molecule has 0 bridgehead atoms. The number of β-amino-alcohol motifs (C(OH)–C–C–N with tert-alkyl or cyclic N) is 1. The maximum absolute atomic E-state index is 13.5. The fourth-order valence-corrected chi connectivity index (χ4v) is 4.56. The van der Waals surface area contributed by atoms with Crippen LogP contribution >= 0.6 is 0 Å². The number of aliphatic hydroxyl groups is 1. The van der Waals surface area contributed by atoms with Crippen LogP contribution in [0.2, 0.25) is 0 Å². The molecule has 0 spiro atoms. The van der Waals surface area contributed by atoms with Crippen molar-refractivity contribution in [3.05, 3.63) is 41.5 Å². The van der Waals surface area contributed by atoms with E-state index in [0.29, 0.717) is 36.6 Å². The number of fused-ring (bicyclic) bond motifs is 2. The minimum atomic E-state index is -0.0180. The highest BCUT2D eigenvalue weighted by Crippen LogP contribution is 2.45. The van der Waals surface area contributed by atoms with Gasteiger partial charge in [0.15, 0.2) is 11.5 Å². The Morgan fingerprint density at radius 1 is 1.19 bits per heavy atom. The van der Waals surface area contributed by atoms with Crippen molar-refractivity contribution in [3.63, 3.8) is 0 Å². The van der Waals surface area contributed by atoms with Crippen LogP contribution in [0.5, 0.6) is 0 Å². The number of aromatic nitrogens is 1. The van der Waals surface area contributed by atoms with E-state index >= 15 is 0 Å². The molecule has 31 heavy (non-hydrogen) atoms. The summed E-state index contributed by atoms with van der Waals surface area (Å²) in [6.45, 7) is 5.34. The molecule has 2 aromatic carbocycles. The van der Waals surface area contributed by atoms with E-state index in [4.69, 9.17) is 9.26 Å². The molecule has 0 amide bonds. The number of carbonyl (C=O) groups is 1. The first-order chi connectivity index (χ1) is 15.2. The van der Waals surface area contributed by atoms with Gasteiger partial charge in [-0.15, -0.1) is 0 Å². The van der Waals surface area contributed by atoms with Gasteiger partial charge < -0.3 is 24.6 Å². The summed E-state index contributed by atoms with van der Waals surface area (Å²) in [5.74, 6) is 0.631. The average molecular weight is 422 g/mol. The normalized spacial score (nSPS) is 16.1. The van der Waals surface area contributed by atoms with Crippen LogP contribution in [-0.4, -0.2) is 80.5 Å². The maximum Gasteiger partial charge on any atom is 0.196 e. The van der Waals surface area contributed by atoms with Gasteiger partial charge in [-0.05, 0) is 6.07 Å². The number of anilines is 2. The first kappa shape index (κ1) is 20.0. The van der Waals surface area contributed by atoms with Crippen molar-refractivity contribution >= 4 is 28.1 Å². The Bertz CT molecular complexity index is 1120. The fraction of sp³-hybridized carbons (Fsp3) is 0.391. The Balaban J connectivity index is 1.62. The first-order valence-corrected chi connectivity index (χ1v) is 10.6. The van der Waals surface area contributed by atoms with Gasteiger partial charge in [0.05, 0.1) is 29.9 Å². The van der Waals surface area contributed by atoms with Gasteiger partial charge in [-0.3, -0.25) is 9.69 Å². The predicted molar refractivity (Wildman–Crippen MR) is 119 cm³/mol. The summed E-state index contributed by atoms with van der Waals surface area (Å²) in [7, 11) is 1.66. The van der Waals surface area contributed by atoms with Gasteiger partial charge in [0.25, 0.3) is 0 Å². The van der Waals surface area contributed by atoms with Crippen LogP contribution in [-0.2, 0) is 4.74 Å². The molecule has 2 heterocycles. The van der Waals surface area contributed by atoms with Crippen molar-refractivity contribution in [2.75, 3.05) is 69.8 Å². The summed E-state index contributed by atoms with van der Waals surface area (Å²) in [4.78, 5) is 18.0. The molecule has 0 radical (unpaired) electrons. The van der Waals surface area contributed by atoms with Gasteiger partial charge in [-0.2, -0.15) is 0 Å². The maximum atomic E-state index is 13.5. The second kappa shape index (κ2) is 8.30. The van der Waals surface area contributed by atoms with Crippen LogP contribution in [0.25, 0.3) is 22.2 Å². The lowest BCUT2D eigenvalue weighted by molar-refractivity contribution is 0.104. The molecule has 1 aliphatic heterocycles. The number of nitrogens with zero attached hydrogens (tertiary/aromatic N) is 3. The van der Waals surface area contributed by atoms with Crippen molar-refractivity contribution in [1.29, 1.82) is 0 Å². The second-order valence-electron chi connectivity index (χ2n) is 7.90. The highest BCUT2D eigenvalue weighted by molar-refractivity contribution is 6.28. The smallest absolute Gasteiger partial charge is 0.196 e. The van der Waals surface area contributed by atoms with E-state index in [9.17, 15) is 9.90 Å². The molecule has 1 saturated heterocycles. The molecule has 5 rings (SSSR count). The summed E-state index contributed by atoms with van der Waals surface area (Å²) in [6.07, 6.45) is 0. The number of hydrogen-bond acceptors (Lipinski definition) is 8. The molecule has 162 valence electrons. The number of rotatable bonds is 7. The molecule has 2 N–H and O–H groups in total. The van der Waals surface area contributed by atoms with Crippen molar-refractivity contribution in [1.82, 2.24) is 10.1 Å². The SMILES string of the molecule is COCCNc1cc(N2CCN(CCO)CC2)c2noc3c2c1C(=O)c1ccccc1-3. The zero-order valence-electron chi connectivity index (χ0n) is 17.6. The molecule has 1 fully saturated rings. The standard InChI is InChI=1S/C23H26N4O4/c1-30-13-6-24-17-14-18(27-9-7-26(8-10-27)11-12-28)21-20-19(17)22(29)15-4-2-3-5-16(15)23(20)31-25-21/h2-5,14,24,28H,6-13H2,1H3. The molecule has 1 aliphatic carbocycles. The van der Waals surface area contributed by atoms with Crippen LogP contribution < -0.4 is 10.2 Å². The van der Waals surface area contributed by atoms with E-state index in [1.54, 1.807) is 7.11 Å². The number of aliphatic hydroxyl groups excluding tert-OH is 1. The van der Waals surface area contributed by atoms with E-state index < -0.39 is 0 Å². The van der Waals surface area contributed by atoms with Gasteiger partial charge in [0.1, 0.15) is 5.52 Å². The Labute approximate surface area is 180 Å². The van der Waals surface area contributed by atoms with Gasteiger partial charge >= 0.3 is 0 Å². The van der Waals surface area contributed by atoms with E-state index in [-0.39, 0.29) is 12.4 Å². The minimum Gasteiger partial charge on any atom is -0.395 e. The van der Waals surface area contributed by atoms with Crippen LogP contribution in [0.15, 0.2) is 34.9 Å². The molecular formula is C23H26N4O4. The monoisotopic (exact) mass is 422 g/mol. The molecule has 3 aromatic rings. The van der Waals surface area contributed by atoms with E-state index in [0.717, 1.165) is 54.0 Å². The van der Waals surface area contributed by atoms with Crippen LogP contribution in [0.1, 0.15) is 15.9 Å². The number of benzene rings is 2. The highest BCUT2D eigenvalue weighted by Gasteiger charge is 2.34. The summed E-state index contributed by atoms with van der Waals surface area (Å²) in [5.41, 5.74) is 4.50. The zero-order chi connectivity index (χ0) is 21.4. The number of ketones is 1. The third-order valence-corrected chi connectivity index (χ3v) is 6.13. The predicted octanol–water partition coefficient (Wildman–Crippen LogP) is 2.21. The lowest BCUT2D eigenvalue weighted by Gasteiger charge is -2.36. The molecule has 0 saturated carbocycles. The molecule has 8 heteroatoms. The highest BCUT2D eigenvalue weighted by atomic mass is 16.5. The average Bonchev–Trinajstić information content (AvgIpc) is 3.24. The summed E-state index contributed by atoms with van der Waals surface area (Å²) in [5, 5.41) is 17.8. The van der Waals surface area contributed by atoms with Crippen molar-refractivity contribution in [3.8, 4) is 11.3 Å². The number of nitrogens with one attached hydrogen (secondary N) is 1. The summed E-state index contributed by atoms with van der Waals surface area (Å²) >= 11 is 0. The molecule has 0 atom stereocenters. The van der Waals surface area contributed by atoms with E-state index in [1.165, 1.54) is 0 Å².